The van der Waals surface area contributed by atoms with E-state index in [4.69, 9.17) is 0 Å². The molecule has 0 aliphatic carbocycles. The number of rotatable bonds is 4. The Hall–Kier alpha value is -1.10. The summed E-state index contributed by atoms with van der Waals surface area (Å²) in [5, 5.41) is 3.16. The molecular formula is C17H29ClN2O2. The number of likely N-dealkylation sites (tertiary alicyclic amines) is 1. The van der Waals surface area contributed by atoms with Crippen LogP contribution in [0.4, 0.5) is 5.69 Å². The summed E-state index contributed by atoms with van der Waals surface area (Å²) in [6.45, 7) is 8.35. The number of hydrogen-bond donors (Lipinski definition) is 1. The van der Waals surface area contributed by atoms with E-state index in [0.717, 1.165) is 49.2 Å². The number of hydrogen-bond acceptors (Lipinski definition) is 2. The maximum absolute atomic E-state index is 12.6. The average Bonchev–Trinajstić information content (AvgIpc) is 2.44. The molecule has 1 aliphatic heterocycles. The molecule has 1 saturated heterocycles. The van der Waals surface area contributed by atoms with E-state index in [9.17, 15) is 4.79 Å². The van der Waals surface area contributed by atoms with Crippen molar-refractivity contribution in [2.45, 2.75) is 52.5 Å². The van der Waals surface area contributed by atoms with Crippen LogP contribution in [0.1, 0.15) is 43.7 Å². The molecule has 126 valence electrons. The third-order valence-electron chi connectivity index (χ3n) is 4.16. The molecule has 0 bridgehead atoms. The van der Waals surface area contributed by atoms with Crippen molar-refractivity contribution >= 4 is 24.0 Å². The van der Waals surface area contributed by atoms with Crippen LogP contribution in [-0.2, 0) is 4.79 Å². The number of nitrogens with one attached hydrogen (secondary N) is 1. The van der Waals surface area contributed by atoms with Crippen molar-refractivity contribution in [3.8, 4) is 0 Å². The minimum atomic E-state index is 0. The molecule has 1 atom stereocenters. The third kappa shape index (κ3) is 4.97. The van der Waals surface area contributed by atoms with Gasteiger partial charge < -0.3 is 10.8 Å². The normalized spacial score (nSPS) is 18.0. The summed E-state index contributed by atoms with van der Waals surface area (Å²) in [6.07, 6.45) is 4.46. The molecule has 0 saturated carbocycles. The smallest absolute Gasteiger partial charge is 0.241 e. The van der Waals surface area contributed by atoms with Gasteiger partial charge in [0.1, 0.15) is 0 Å². The maximum atomic E-state index is 12.6. The summed E-state index contributed by atoms with van der Waals surface area (Å²) < 4.78 is 0. The fourth-order valence-corrected chi connectivity index (χ4v) is 3.06. The van der Waals surface area contributed by atoms with Gasteiger partial charge in [0.05, 0.1) is 6.04 Å². The molecule has 5 heteroatoms. The number of nitrogens with zero attached hydrogens (tertiary/aromatic N) is 1. The number of carbonyl (C=O) groups is 1. The quantitative estimate of drug-likeness (QED) is 0.923. The summed E-state index contributed by atoms with van der Waals surface area (Å²) >= 11 is 0. The molecule has 0 unspecified atom stereocenters. The number of piperidine rings is 1. The lowest BCUT2D eigenvalue weighted by Crippen LogP contribution is -2.47. The lowest BCUT2D eigenvalue weighted by atomic mass is 10.0. The van der Waals surface area contributed by atoms with Gasteiger partial charge in [0, 0.05) is 5.69 Å². The SMILES string of the molecule is CCCN1CCCC[C@@H]1C(=O)Nc1c(C)cccc1C.Cl.O. The molecule has 0 radical (unpaired) electrons. The Labute approximate surface area is 140 Å². The first kappa shape index (κ1) is 20.9. The Kier molecular flexibility index (Phi) is 9.33. The summed E-state index contributed by atoms with van der Waals surface area (Å²) in [5.41, 5.74) is 3.26. The Morgan fingerprint density at radius 1 is 1.27 bits per heavy atom. The zero-order chi connectivity index (χ0) is 14.5. The number of aryl methyl sites for hydroxylation is 2. The largest absolute Gasteiger partial charge is 0.412 e. The van der Waals surface area contributed by atoms with E-state index >= 15 is 0 Å². The van der Waals surface area contributed by atoms with Crippen LogP contribution in [0.25, 0.3) is 0 Å². The number of benzene rings is 1. The molecule has 1 aromatic carbocycles. The van der Waals surface area contributed by atoms with E-state index in [1.807, 2.05) is 32.0 Å². The van der Waals surface area contributed by atoms with Crippen molar-refractivity contribution < 1.29 is 10.3 Å². The van der Waals surface area contributed by atoms with Crippen molar-refractivity contribution in [3.63, 3.8) is 0 Å². The number of para-hydroxylation sites is 1. The molecule has 1 heterocycles. The highest BCUT2D eigenvalue weighted by Gasteiger charge is 2.28. The van der Waals surface area contributed by atoms with Crippen LogP contribution in [0, 0.1) is 13.8 Å². The van der Waals surface area contributed by atoms with Crippen molar-refractivity contribution in [3.05, 3.63) is 29.3 Å². The van der Waals surface area contributed by atoms with Gasteiger partial charge in [-0.05, 0) is 57.3 Å². The summed E-state index contributed by atoms with van der Waals surface area (Å²) in [4.78, 5) is 14.9. The second-order valence-electron chi connectivity index (χ2n) is 5.80. The summed E-state index contributed by atoms with van der Waals surface area (Å²) in [5.74, 6) is 0.163. The predicted octanol–water partition coefficient (Wildman–Crippen LogP) is 3.10. The lowest BCUT2D eigenvalue weighted by Gasteiger charge is -2.34. The number of carbonyl (C=O) groups excluding carboxylic acids is 1. The standard InChI is InChI=1S/C17H26N2O.ClH.H2O/c1-4-11-19-12-6-5-10-15(19)17(20)18-16-13(2)8-7-9-14(16)3;;/h7-9,15H,4-6,10-12H2,1-3H3,(H,18,20);1H;1H2/t15-;;/m1../s1. The molecule has 1 aliphatic rings. The molecule has 1 fully saturated rings. The van der Waals surface area contributed by atoms with Gasteiger partial charge in [-0.3, -0.25) is 9.69 Å². The highest BCUT2D eigenvalue weighted by Crippen LogP contribution is 2.23. The Morgan fingerprint density at radius 2 is 1.91 bits per heavy atom. The van der Waals surface area contributed by atoms with Gasteiger partial charge in [0.15, 0.2) is 0 Å². The van der Waals surface area contributed by atoms with Crippen LogP contribution in [0.2, 0.25) is 0 Å². The van der Waals surface area contributed by atoms with E-state index in [0.29, 0.717) is 0 Å². The Balaban J connectivity index is 0.00000220. The zero-order valence-electron chi connectivity index (χ0n) is 13.8. The summed E-state index contributed by atoms with van der Waals surface area (Å²) in [6, 6.07) is 6.17. The first-order valence-electron chi connectivity index (χ1n) is 7.74. The molecule has 1 aromatic rings. The van der Waals surface area contributed by atoms with Gasteiger partial charge in [0.2, 0.25) is 5.91 Å². The minimum absolute atomic E-state index is 0. The van der Waals surface area contributed by atoms with Crippen LogP contribution >= 0.6 is 12.4 Å². The van der Waals surface area contributed by atoms with E-state index in [1.54, 1.807) is 0 Å². The van der Waals surface area contributed by atoms with Gasteiger partial charge in [-0.15, -0.1) is 12.4 Å². The molecule has 2 rings (SSSR count). The van der Waals surface area contributed by atoms with Crippen LogP contribution < -0.4 is 5.32 Å². The van der Waals surface area contributed by atoms with E-state index in [-0.39, 0.29) is 29.8 Å². The molecule has 1 amide bonds. The predicted molar refractivity (Wildman–Crippen MR) is 94.9 cm³/mol. The van der Waals surface area contributed by atoms with Gasteiger partial charge in [0.25, 0.3) is 0 Å². The average molecular weight is 329 g/mol. The van der Waals surface area contributed by atoms with Gasteiger partial charge in [-0.1, -0.05) is 31.5 Å². The summed E-state index contributed by atoms with van der Waals surface area (Å²) in [7, 11) is 0. The number of amides is 1. The first-order valence-corrected chi connectivity index (χ1v) is 7.74. The zero-order valence-corrected chi connectivity index (χ0v) is 14.6. The Morgan fingerprint density at radius 3 is 2.50 bits per heavy atom. The molecule has 3 N–H and O–H groups in total. The van der Waals surface area contributed by atoms with Gasteiger partial charge in [-0.2, -0.15) is 0 Å². The molecule has 4 nitrogen and oxygen atoms in total. The van der Waals surface area contributed by atoms with Crippen molar-refractivity contribution in [2.75, 3.05) is 18.4 Å². The molecule has 0 spiro atoms. The molecule has 0 aromatic heterocycles. The van der Waals surface area contributed by atoms with E-state index < -0.39 is 0 Å². The van der Waals surface area contributed by atoms with Crippen LogP contribution in [0.15, 0.2) is 18.2 Å². The fraction of sp³-hybridized carbons (Fsp3) is 0.588. The topological polar surface area (TPSA) is 63.8 Å². The monoisotopic (exact) mass is 328 g/mol. The number of anilines is 1. The first-order chi connectivity index (χ1) is 9.63. The lowest BCUT2D eigenvalue weighted by molar-refractivity contribution is -0.122. The fourth-order valence-electron chi connectivity index (χ4n) is 3.06. The van der Waals surface area contributed by atoms with Gasteiger partial charge in [-0.25, -0.2) is 0 Å². The Bertz CT molecular complexity index is 457. The third-order valence-corrected chi connectivity index (χ3v) is 4.16. The second-order valence-corrected chi connectivity index (χ2v) is 5.80. The van der Waals surface area contributed by atoms with Gasteiger partial charge >= 0.3 is 0 Å². The van der Waals surface area contributed by atoms with Crippen LogP contribution in [0.3, 0.4) is 0 Å². The van der Waals surface area contributed by atoms with E-state index in [1.165, 1.54) is 6.42 Å². The van der Waals surface area contributed by atoms with Crippen LogP contribution in [0.5, 0.6) is 0 Å². The number of halogens is 1. The highest BCUT2D eigenvalue weighted by atomic mass is 35.5. The van der Waals surface area contributed by atoms with Crippen molar-refractivity contribution in [1.82, 2.24) is 4.90 Å². The highest BCUT2D eigenvalue weighted by molar-refractivity contribution is 5.96. The minimum Gasteiger partial charge on any atom is -0.412 e. The van der Waals surface area contributed by atoms with Crippen molar-refractivity contribution in [2.24, 2.45) is 0 Å². The second kappa shape index (κ2) is 9.82. The van der Waals surface area contributed by atoms with Crippen LogP contribution in [-0.4, -0.2) is 35.4 Å². The maximum Gasteiger partial charge on any atom is 0.241 e. The molecule has 22 heavy (non-hydrogen) atoms. The molecular weight excluding hydrogens is 300 g/mol. The van der Waals surface area contributed by atoms with Crippen molar-refractivity contribution in [1.29, 1.82) is 0 Å². The van der Waals surface area contributed by atoms with E-state index in [2.05, 4.69) is 17.1 Å².